The molecule has 0 saturated carbocycles. The summed E-state index contributed by atoms with van der Waals surface area (Å²) in [6, 6.07) is 16.0. The SMILES string of the molecule is O=C(c1ccc(-c2ccc(Cl)cc2)s1)N1CCN(S(=O)(=O)c2cccc([N+](=O)[O-])c2)CC1. The van der Waals surface area contributed by atoms with Gasteiger partial charge in [-0.2, -0.15) is 4.31 Å². The van der Waals surface area contributed by atoms with Crippen LogP contribution in [0.2, 0.25) is 5.02 Å². The Bertz CT molecular complexity index is 1270. The molecule has 32 heavy (non-hydrogen) atoms. The van der Waals surface area contributed by atoms with Gasteiger partial charge >= 0.3 is 0 Å². The third-order valence-electron chi connectivity index (χ3n) is 5.14. The molecular formula is C21H18ClN3O5S2. The highest BCUT2D eigenvalue weighted by molar-refractivity contribution is 7.89. The van der Waals surface area contributed by atoms with Gasteiger partial charge in [-0.25, -0.2) is 8.42 Å². The fourth-order valence-corrected chi connectivity index (χ4v) is 5.98. The molecule has 1 amide bonds. The fourth-order valence-electron chi connectivity index (χ4n) is 3.42. The Hall–Kier alpha value is -2.79. The predicted octanol–water partition coefficient (Wildman–Crippen LogP) is 4.12. The number of hydrogen-bond donors (Lipinski definition) is 0. The summed E-state index contributed by atoms with van der Waals surface area (Å²) in [5.74, 6) is -0.150. The summed E-state index contributed by atoms with van der Waals surface area (Å²) >= 11 is 7.30. The first kappa shape index (κ1) is 22.4. The first-order valence-corrected chi connectivity index (χ1v) is 12.3. The van der Waals surface area contributed by atoms with Crippen molar-refractivity contribution in [1.82, 2.24) is 9.21 Å². The Morgan fingerprint density at radius 2 is 1.69 bits per heavy atom. The van der Waals surface area contributed by atoms with Gasteiger partial charge in [-0.05, 0) is 35.9 Å². The number of nitro benzene ring substituents is 1. The molecule has 8 nitrogen and oxygen atoms in total. The minimum absolute atomic E-state index is 0.117. The van der Waals surface area contributed by atoms with Crippen molar-refractivity contribution in [3.8, 4) is 10.4 Å². The van der Waals surface area contributed by atoms with Crippen LogP contribution in [-0.4, -0.2) is 54.6 Å². The molecule has 11 heteroatoms. The van der Waals surface area contributed by atoms with Crippen LogP contribution in [0.1, 0.15) is 9.67 Å². The lowest BCUT2D eigenvalue weighted by atomic mass is 10.2. The standard InChI is InChI=1S/C21H18ClN3O5S2/c22-16-6-4-15(5-7-16)19-8-9-20(31-19)21(26)23-10-12-24(13-11-23)32(29,30)18-3-1-2-17(14-18)25(27)28/h1-9,14H,10-13H2. The summed E-state index contributed by atoms with van der Waals surface area (Å²) in [5, 5.41) is 11.6. The van der Waals surface area contributed by atoms with Crippen LogP contribution in [-0.2, 0) is 10.0 Å². The van der Waals surface area contributed by atoms with E-state index in [9.17, 15) is 23.3 Å². The molecule has 1 saturated heterocycles. The van der Waals surface area contributed by atoms with Crippen molar-refractivity contribution in [1.29, 1.82) is 0 Å². The number of hydrogen-bond acceptors (Lipinski definition) is 6. The highest BCUT2D eigenvalue weighted by Gasteiger charge is 2.31. The van der Waals surface area contributed by atoms with E-state index in [1.165, 1.54) is 33.8 Å². The minimum Gasteiger partial charge on any atom is -0.335 e. The van der Waals surface area contributed by atoms with Crippen molar-refractivity contribution in [3.05, 3.63) is 80.7 Å². The van der Waals surface area contributed by atoms with Crippen LogP contribution in [0, 0.1) is 10.1 Å². The van der Waals surface area contributed by atoms with Crippen molar-refractivity contribution >= 4 is 44.6 Å². The maximum absolute atomic E-state index is 12.9. The van der Waals surface area contributed by atoms with E-state index in [0.717, 1.165) is 16.5 Å². The summed E-state index contributed by atoms with van der Waals surface area (Å²) in [6.07, 6.45) is 0. The third kappa shape index (κ3) is 4.53. The summed E-state index contributed by atoms with van der Waals surface area (Å²) < 4.78 is 27.0. The molecule has 0 bridgehead atoms. The molecule has 1 aromatic heterocycles. The Morgan fingerprint density at radius 3 is 2.34 bits per heavy atom. The molecule has 2 heterocycles. The zero-order chi connectivity index (χ0) is 22.9. The molecule has 166 valence electrons. The average Bonchev–Trinajstić information content (AvgIpc) is 3.29. The lowest BCUT2D eigenvalue weighted by molar-refractivity contribution is -0.385. The third-order valence-corrected chi connectivity index (χ3v) is 8.41. The van der Waals surface area contributed by atoms with Crippen LogP contribution in [0.25, 0.3) is 10.4 Å². The lowest BCUT2D eigenvalue weighted by Gasteiger charge is -2.33. The van der Waals surface area contributed by atoms with Gasteiger partial charge < -0.3 is 4.90 Å². The van der Waals surface area contributed by atoms with Gasteiger partial charge in [-0.1, -0.05) is 29.8 Å². The zero-order valence-electron chi connectivity index (χ0n) is 16.7. The van der Waals surface area contributed by atoms with E-state index in [0.29, 0.717) is 9.90 Å². The van der Waals surface area contributed by atoms with Crippen molar-refractivity contribution in [2.45, 2.75) is 4.90 Å². The molecule has 0 aliphatic carbocycles. The van der Waals surface area contributed by atoms with E-state index in [2.05, 4.69) is 0 Å². The summed E-state index contributed by atoms with van der Waals surface area (Å²) in [5.41, 5.74) is 0.681. The maximum atomic E-state index is 12.9. The largest absolute Gasteiger partial charge is 0.335 e. The summed E-state index contributed by atoms with van der Waals surface area (Å²) in [7, 11) is -3.88. The number of nitro groups is 1. The van der Waals surface area contributed by atoms with E-state index in [1.807, 2.05) is 18.2 Å². The Labute approximate surface area is 193 Å². The normalized spacial score (nSPS) is 15.0. The van der Waals surface area contributed by atoms with E-state index in [1.54, 1.807) is 23.1 Å². The molecule has 4 rings (SSSR count). The number of rotatable bonds is 5. The van der Waals surface area contributed by atoms with Crippen molar-refractivity contribution in [3.63, 3.8) is 0 Å². The maximum Gasteiger partial charge on any atom is 0.270 e. The molecule has 1 fully saturated rings. The number of sulfonamides is 1. The molecule has 0 spiro atoms. The highest BCUT2D eigenvalue weighted by Crippen LogP contribution is 2.30. The molecule has 0 unspecified atom stereocenters. The number of non-ortho nitro benzene ring substituents is 1. The van der Waals surface area contributed by atoms with Crippen LogP contribution in [0.3, 0.4) is 0 Å². The first-order valence-electron chi connectivity index (χ1n) is 9.65. The quantitative estimate of drug-likeness (QED) is 0.394. The number of carbonyl (C=O) groups is 1. The van der Waals surface area contributed by atoms with Gasteiger partial charge in [0.15, 0.2) is 0 Å². The second kappa shape index (κ2) is 8.99. The summed E-state index contributed by atoms with van der Waals surface area (Å²) in [4.78, 5) is 26.3. The number of thiophene rings is 1. The highest BCUT2D eigenvalue weighted by atomic mass is 35.5. The Kier molecular flexibility index (Phi) is 6.29. The zero-order valence-corrected chi connectivity index (χ0v) is 19.1. The molecule has 1 aliphatic heterocycles. The van der Waals surface area contributed by atoms with Crippen molar-refractivity contribution < 1.29 is 18.1 Å². The number of piperazine rings is 1. The van der Waals surface area contributed by atoms with Gasteiger partial charge in [0.2, 0.25) is 10.0 Å². The van der Waals surface area contributed by atoms with Crippen LogP contribution >= 0.6 is 22.9 Å². The number of benzene rings is 2. The minimum atomic E-state index is -3.88. The van der Waals surface area contributed by atoms with Crippen LogP contribution in [0.15, 0.2) is 65.6 Å². The van der Waals surface area contributed by atoms with Crippen LogP contribution in [0.4, 0.5) is 5.69 Å². The molecule has 3 aromatic rings. The number of carbonyl (C=O) groups excluding carboxylic acids is 1. The Balaban J connectivity index is 1.43. The van der Waals surface area contributed by atoms with Gasteiger partial charge in [0.1, 0.15) is 0 Å². The topological polar surface area (TPSA) is 101 Å². The fraction of sp³-hybridized carbons (Fsp3) is 0.190. The average molecular weight is 492 g/mol. The van der Waals surface area contributed by atoms with Gasteiger partial charge in [0.25, 0.3) is 11.6 Å². The van der Waals surface area contributed by atoms with Gasteiger partial charge in [0.05, 0.1) is 14.7 Å². The van der Waals surface area contributed by atoms with Crippen LogP contribution in [0.5, 0.6) is 0 Å². The molecule has 0 N–H and O–H groups in total. The van der Waals surface area contributed by atoms with E-state index in [4.69, 9.17) is 11.6 Å². The Morgan fingerprint density at radius 1 is 1.00 bits per heavy atom. The second-order valence-corrected chi connectivity index (χ2v) is 10.6. The smallest absolute Gasteiger partial charge is 0.270 e. The number of halogens is 1. The van der Waals surface area contributed by atoms with E-state index in [-0.39, 0.29) is 42.7 Å². The van der Waals surface area contributed by atoms with Gasteiger partial charge in [0, 0.05) is 48.2 Å². The molecule has 0 atom stereocenters. The lowest BCUT2D eigenvalue weighted by Crippen LogP contribution is -2.50. The van der Waals surface area contributed by atoms with Crippen molar-refractivity contribution in [2.75, 3.05) is 26.2 Å². The van der Waals surface area contributed by atoms with Crippen molar-refractivity contribution in [2.24, 2.45) is 0 Å². The van der Waals surface area contributed by atoms with E-state index < -0.39 is 14.9 Å². The van der Waals surface area contributed by atoms with Gasteiger partial charge in [-0.3, -0.25) is 14.9 Å². The molecular weight excluding hydrogens is 474 g/mol. The van der Waals surface area contributed by atoms with Crippen LogP contribution < -0.4 is 0 Å². The summed E-state index contributed by atoms with van der Waals surface area (Å²) in [6.45, 7) is 0.709. The predicted molar refractivity (Wildman–Crippen MR) is 123 cm³/mol. The second-order valence-electron chi connectivity index (χ2n) is 7.12. The molecule has 1 aliphatic rings. The molecule has 2 aromatic carbocycles. The molecule has 0 radical (unpaired) electrons. The number of amides is 1. The van der Waals surface area contributed by atoms with E-state index >= 15 is 0 Å². The van der Waals surface area contributed by atoms with Gasteiger partial charge in [-0.15, -0.1) is 11.3 Å². The number of nitrogens with zero attached hydrogens (tertiary/aromatic N) is 3. The monoisotopic (exact) mass is 491 g/mol. The first-order chi connectivity index (χ1) is 15.3.